The van der Waals surface area contributed by atoms with Gasteiger partial charge in [-0.1, -0.05) is 12.1 Å². The van der Waals surface area contributed by atoms with Crippen molar-refractivity contribution in [3.05, 3.63) is 66.4 Å². The second kappa shape index (κ2) is 6.87. The molecule has 0 saturated heterocycles. The van der Waals surface area contributed by atoms with Gasteiger partial charge < -0.3 is 14.9 Å². The summed E-state index contributed by atoms with van der Waals surface area (Å²) in [7, 11) is 1.83. The van der Waals surface area contributed by atoms with E-state index in [2.05, 4.69) is 20.4 Å². The lowest BCUT2D eigenvalue weighted by Gasteiger charge is -2.08. The maximum atomic E-state index is 12.5. The summed E-state index contributed by atoms with van der Waals surface area (Å²) < 4.78 is 3.58. The van der Waals surface area contributed by atoms with Crippen molar-refractivity contribution in [3.8, 4) is 5.82 Å². The number of nitrogens with zero attached hydrogens (tertiary/aromatic N) is 4. The summed E-state index contributed by atoms with van der Waals surface area (Å²) in [5.41, 5.74) is 2.57. The first-order valence-electron chi connectivity index (χ1n) is 8.59. The molecule has 0 spiro atoms. The number of aromatic amines is 1. The Bertz CT molecular complexity index is 995. The van der Waals surface area contributed by atoms with Gasteiger partial charge in [-0.2, -0.15) is 5.10 Å². The Balaban J connectivity index is 1.36. The zero-order valence-corrected chi connectivity index (χ0v) is 14.5. The van der Waals surface area contributed by atoms with Crippen molar-refractivity contribution in [1.29, 1.82) is 0 Å². The quantitative estimate of drug-likeness (QED) is 0.525. The first kappa shape index (κ1) is 16.1. The first-order valence-corrected chi connectivity index (χ1v) is 8.59. The largest absolute Gasteiger partial charge is 0.352 e. The summed E-state index contributed by atoms with van der Waals surface area (Å²) in [6.45, 7) is 0.579. The van der Waals surface area contributed by atoms with Gasteiger partial charge in [0.2, 0.25) is 0 Å². The van der Waals surface area contributed by atoms with Crippen LogP contribution in [0.1, 0.15) is 22.6 Å². The minimum Gasteiger partial charge on any atom is -0.352 e. The SMILES string of the molecule is Cn1ncc(C(=O)NCCCc2nc3ccccc3[nH]2)c1-n1cccc1. The van der Waals surface area contributed by atoms with Crippen LogP contribution in [0.15, 0.2) is 55.0 Å². The molecule has 0 bridgehead atoms. The van der Waals surface area contributed by atoms with Gasteiger partial charge in [0.05, 0.1) is 17.2 Å². The number of nitrogens with one attached hydrogen (secondary N) is 2. The van der Waals surface area contributed by atoms with Crippen LogP contribution >= 0.6 is 0 Å². The van der Waals surface area contributed by atoms with Crippen LogP contribution in [-0.2, 0) is 13.5 Å². The molecule has 4 rings (SSSR count). The van der Waals surface area contributed by atoms with E-state index < -0.39 is 0 Å². The Labute approximate surface area is 150 Å². The van der Waals surface area contributed by atoms with Gasteiger partial charge in [-0.05, 0) is 30.7 Å². The molecule has 0 unspecified atom stereocenters. The third-order valence-corrected chi connectivity index (χ3v) is 4.32. The van der Waals surface area contributed by atoms with Crippen molar-refractivity contribution >= 4 is 16.9 Å². The van der Waals surface area contributed by atoms with E-state index in [0.29, 0.717) is 12.1 Å². The molecular formula is C19H20N6O. The number of benzene rings is 1. The molecule has 3 aromatic heterocycles. The van der Waals surface area contributed by atoms with Crippen molar-refractivity contribution in [2.24, 2.45) is 7.05 Å². The Morgan fingerprint density at radius 1 is 1.19 bits per heavy atom. The van der Waals surface area contributed by atoms with Crippen LogP contribution in [0.4, 0.5) is 0 Å². The highest BCUT2D eigenvalue weighted by Gasteiger charge is 2.16. The molecule has 4 aromatic rings. The minimum absolute atomic E-state index is 0.119. The topological polar surface area (TPSA) is 80.5 Å². The van der Waals surface area contributed by atoms with E-state index in [-0.39, 0.29) is 5.91 Å². The van der Waals surface area contributed by atoms with Gasteiger partial charge >= 0.3 is 0 Å². The molecule has 1 aromatic carbocycles. The Morgan fingerprint density at radius 3 is 2.81 bits per heavy atom. The van der Waals surface area contributed by atoms with Gasteiger partial charge in [-0.25, -0.2) is 4.98 Å². The maximum absolute atomic E-state index is 12.5. The molecule has 0 aliphatic heterocycles. The summed E-state index contributed by atoms with van der Waals surface area (Å²) in [5.74, 6) is 1.58. The number of aryl methyl sites for hydroxylation is 2. The molecule has 2 N–H and O–H groups in total. The monoisotopic (exact) mass is 348 g/mol. The molecule has 3 heterocycles. The number of amides is 1. The molecule has 132 valence electrons. The van der Waals surface area contributed by atoms with Crippen LogP contribution in [0.3, 0.4) is 0 Å². The van der Waals surface area contributed by atoms with Crippen molar-refractivity contribution in [3.63, 3.8) is 0 Å². The lowest BCUT2D eigenvalue weighted by atomic mass is 10.2. The zero-order valence-electron chi connectivity index (χ0n) is 14.5. The smallest absolute Gasteiger partial charge is 0.256 e. The Morgan fingerprint density at radius 2 is 2.00 bits per heavy atom. The fourth-order valence-corrected chi connectivity index (χ4v) is 3.05. The van der Waals surface area contributed by atoms with Crippen LogP contribution in [0.5, 0.6) is 0 Å². The fourth-order valence-electron chi connectivity index (χ4n) is 3.05. The zero-order chi connectivity index (χ0) is 17.9. The lowest BCUT2D eigenvalue weighted by Crippen LogP contribution is -2.25. The van der Waals surface area contributed by atoms with Crippen molar-refractivity contribution in [1.82, 2.24) is 29.6 Å². The van der Waals surface area contributed by atoms with Gasteiger partial charge in [-0.15, -0.1) is 0 Å². The molecule has 1 amide bonds. The van der Waals surface area contributed by atoms with Gasteiger partial charge in [0.25, 0.3) is 5.91 Å². The Hall–Kier alpha value is -3.35. The van der Waals surface area contributed by atoms with Crippen LogP contribution in [0.2, 0.25) is 0 Å². The number of imidazole rings is 1. The molecule has 7 heteroatoms. The van der Waals surface area contributed by atoms with Crippen LogP contribution in [0, 0.1) is 0 Å². The number of para-hydroxylation sites is 2. The maximum Gasteiger partial charge on any atom is 0.256 e. The van der Waals surface area contributed by atoms with E-state index in [9.17, 15) is 4.79 Å². The van der Waals surface area contributed by atoms with Crippen molar-refractivity contribution in [2.45, 2.75) is 12.8 Å². The van der Waals surface area contributed by atoms with E-state index in [1.165, 1.54) is 0 Å². The number of rotatable bonds is 6. The van der Waals surface area contributed by atoms with Crippen LogP contribution < -0.4 is 5.32 Å². The number of carbonyl (C=O) groups excluding carboxylic acids is 1. The van der Waals surface area contributed by atoms with Crippen LogP contribution in [-0.4, -0.2) is 36.8 Å². The second-order valence-corrected chi connectivity index (χ2v) is 6.16. The van der Waals surface area contributed by atoms with Gasteiger partial charge in [-0.3, -0.25) is 9.48 Å². The van der Waals surface area contributed by atoms with Crippen molar-refractivity contribution < 1.29 is 4.79 Å². The number of H-pyrrole nitrogens is 1. The summed E-state index contributed by atoms with van der Waals surface area (Å²) >= 11 is 0. The normalized spacial score (nSPS) is 11.1. The average molecular weight is 348 g/mol. The van der Waals surface area contributed by atoms with Gasteiger partial charge in [0.1, 0.15) is 17.2 Å². The van der Waals surface area contributed by atoms with Gasteiger partial charge in [0, 0.05) is 32.4 Å². The molecular weight excluding hydrogens is 328 g/mol. The number of fused-ring (bicyclic) bond motifs is 1. The molecule has 0 aliphatic rings. The number of carbonyl (C=O) groups is 1. The van der Waals surface area contributed by atoms with E-state index in [0.717, 1.165) is 35.5 Å². The van der Waals surface area contributed by atoms with E-state index in [4.69, 9.17) is 0 Å². The standard InChI is InChI=1S/C19H20N6O/c1-24-19(25-11-4-5-12-25)14(13-21-24)18(26)20-10-6-9-17-22-15-7-2-3-8-16(15)23-17/h2-5,7-8,11-13H,6,9-10H2,1H3,(H,20,26)(H,22,23). The highest BCUT2D eigenvalue weighted by molar-refractivity contribution is 5.97. The number of hydrogen-bond donors (Lipinski definition) is 2. The summed E-state index contributed by atoms with van der Waals surface area (Å²) in [6, 6.07) is 11.8. The van der Waals surface area contributed by atoms with Gasteiger partial charge in [0.15, 0.2) is 0 Å². The van der Waals surface area contributed by atoms with E-state index in [1.54, 1.807) is 10.9 Å². The lowest BCUT2D eigenvalue weighted by molar-refractivity contribution is 0.0953. The highest BCUT2D eigenvalue weighted by atomic mass is 16.1. The molecule has 0 saturated carbocycles. The third-order valence-electron chi connectivity index (χ3n) is 4.32. The number of hydrogen-bond acceptors (Lipinski definition) is 3. The summed E-state index contributed by atoms with van der Waals surface area (Å²) in [4.78, 5) is 20.4. The number of aromatic nitrogens is 5. The average Bonchev–Trinajstić information content (AvgIpc) is 3.37. The molecule has 0 atom stereocenters. The summed E-state index contributed by atoms with van der Waals surface area (Å²) in [5, 5.41) is 7.19. The van der Waals surface area contributed by atoms with E-state index in [1.807, 2.05) is 60.4 Å². The molecule has 0 fully saturated rings. The second-order valence-electron chi connectivity index (χ2n) is 6.16. The molecule has 0 aliphatic carbocycles. The summed E-state index contributed by atoms with van der Waals surface area (Å²) in [6.07, 6.45) is 6.99. The Kier molecular flexibility index (Phi) is 4.27. The first-order chi connectivity index (χ1) is 12.7. The van der Waals surface area contributed by atoms with Crippen molar-refractivity contribution in [2.75, 3.05) is 6.54 Å². The fraction of sp³-hybridized carbons (Fsp3) is 0.211. The van der Waals surface area contributed by atoms with E-state index >= 15 is 0 Å². The van der Waals surface area contributed by atoms with Crippen LogP contribution in [0.25, 0.3) is 16.9 Å². The molecule has 26 heavy (non-hydrogen) atoms. The molecule has 0 radical (unpaired) electrons. The third kappa shape index (κ3) is 3.11. The highest BCUT2D eigenvalue weighted by Crippen LogP contribution is 2.14. The predicted octanol–water partition coefficient (Wildman–Crippen LogP) is 2.45. The minimum atomic E-state index is -0.119. The predicted molar refractivity (Wildman–Crippen MR) is 99.3 cm³/mol. The molecule has 7 nitrogen and oxygen atoms in total.